The molecule has 0 amide bonds. The molecular weight excluding hydrogens is 415 g/mol. The summed E-state index contributed by atoms with van der Waals surface area (Å²) < 4.78 is 25.3. The van der Waals surface area contributed by atoms with Gasteiger partial charge in [-0.15, -0.1) is 6.42 Å². The Morgan fingerprint density at radius 2 is 2.16 bits per heavy atom. The smallest absolute Gasteiger partial charge is 0.310 e. The zero-order chi connectivity index (χ0) is 22.7. The fourth-order valence-corrected chi connectivity index (χ4v) is 4.11. The van der Waals surface area contributed by atoms with Crippen LogP contribution in [0, 0.1) is 24.3 Å². The number of carbonyl (C=O) groups excluding carboxylic acids is 1. The summed E-state index contributed by atoms with van der Waals surface area (Å²) in [5, 5.41) is 10.0. The van der Waals surface area contributed by atoms with Gasteiger partial charge < -0.3 is 20.3 Å². The maximum Gasteiger partial charge on any atom is 0.310 e. The first-order valence-corrected chi connectivity index (χ1v) is 10.3. The Hall–Kier alpha value is -3.35. The first-order chi connectivity index (χ1) is 15.4. The number of hydrogen-bond donors (Lipinski definition) is 2. The van der Waals surface area contributed by atoms with E-state index in [0.29, 0.717) is 24.2 Å². The number of rotatable bonds is 5. The lowest BCUT2D eigenvalue weighted by Crippen LogP contribution is -2.44. The van der Waals surface area contributed by atoms with E-state index in [1.807, 2.05) is 30.3 Å². The highest BCUT2D eigenvalue weighted by Crippen LogP contribution is 2.39. The lowest BCUT2D eigenvalue weighted by Gasteiger charge is -2.27. The number of aromatic nitrogens is 2. The van der Waals surface area contributed by atoms with Crippen molar-refractivity contribution in [1.82, 2.24) is 9.97 Å². The molecule has 9 heteroatoms. The Balaban J connectivity index is 1.49. The van der Waals surface area contributed by atoms with Crippen LogP contribution in [-0.4, -0.2) is 51.7 Å². The zero-order valence-corrected chi connectivity index (χ0v) is 17.3. The number of benzene rings is 1. The molecule has 1 unspecified atom stereocenters. The molecule has 0 spiro atoms. The molecular formula is C23H23FN4O4. The van der Waals surface area contributed by atoms with Gasteiger partial charge in [0.25, 0.3) is 0 Å². The summed E-state index contributed by atoms with van der Waals surface area (Å²) in [5.74, 6) is 1.76. The van der Waals surface area contributed by atoms with Crippen LogP contribution < -0.4 is 5.73 Å². The maximum absolute atomic E-state index is 13.5. The quantitative estimate of drug-likeness (QED) is 0.415. The number of aliphatic imine (C=N–C) groups is 1. The maximum atomic E-state index is 13.5. The summed E-state index contributed by atoms with van der Waals surface area (Å²) in [7, 11) is 0. The molecule has 0 aliphatic carbocycles. The topological polar surface area (TPSA) is 120 Å². The van der Waals surface area contributed by atoms with Gasteiger partial charge in [-0.1, -0.05) is 36.3 Å². The van der Waals surface area contributed by atoms with Crippen molar-refractivity contribution in [3.05, 3.63) is 47.7 Å². The number of fused-ring (bicyclic) bond motifs is 1. The number of halogens is 1. The minimum Gasteiger partial charge on any atom is -0.458 e. The molecule has 2 aromatic rings. The van der Waals surface area contributed by atoms with Gasteiger partial charge >= 0.3 is 12.0 Å². The number of aryl methyl sites for hydroxylation is 1. The van der Waals surface area contributed by atoms with Crippen molar-refractivity contribution in [3.63, 3.8) is 0 Å². The van der Waals surface area contributed by atoms with Gasteiger partial charge in [0.1, 0.15) is 11.8 Å². The predicted molar refractivity (Wildman–Crippen MR) is 115 cm³/mol. The number of terminal acetylenes is 1. The minimum atomic E-state index is -1.45. The van der Waals surface area contributed by atoms with Crippen LogP contribution in [0.3, 0.4) is 0 Å². The summed E-state index contributed by atoms with van der Waals surface area (Å²) in [6.07, 6.45) is 6.47. The Morgan fingerprint density at radius 1 is 1.38 bits per heavy atom. The molecule has 32 heavy (non-hydrogen) atoms. The van der Waals surface area contributed by atoms with Crippen molar-refractivity contribution in [2.24, 2.45) is 10.9 Å². The molecule has 2 aliphatic rings. The average Bonchev–Trinajstić information content (AvgIpc) is 2.99. The second kappa shape index (κ2) is 9.02. The van der Waals surface area contributed by atoms with Crippen LogP contribution in [0.4, 0.5) is 15.9 Å². The Morgan fingerprint density at radius 3 is 2.88 bits per heavy atom. The number of carbonyl (C=O) groups is 1. The number of aliphatic hydroxyl groups excluding tert-OH is 1. The highest BCUT2D eigenvalue weighted by atomic mass is 19.1. The van der Waals surface area contributed by atoms with Crippen molar-refractivity contribution < 1.29 is 23.8 Å². The molecule has 1 aromatic heterocycles. The highest BCUT2D eigenvalue weighted by Gasteiger charge is 2.51. The average molecular weight is 438 g/mol. The minimum absolute atomic E-state index is 0.0298. The number of ether oxygens (including phenoxy) is 2. The van der Waals surface area contributed by atoms with E-state index in [4.69, 9.17) is 21.6 Å². The third-order valence-electron chi connectivity index (χ3n) is 5.82. The van der Waals surface area contributed by atoms with Gasteiger partial charge in [-0.2, -0.15) is 9.37 Å². The van der Waals surface area contributed by atoms with Crippen LogP contribution >= 0.6 is 0 Å². The molecule has 4 rings (SSSR count). The number of nitrogens with zero attached hydrogens (tertiary/aromatic N) is 3. The van der Waals surface area contributed by atoms with Crippen molar-refractivity contribution in [2.75, 3.05) is 12.3 Å². The molecule has 1 aromatic carbocycles. The molecule has 166 valence electrons. The Bertz CT molecular complexity index is 1070. The molecule has 2 aliphatic heterocycles. The van der Waals surface area contributed by atoms with E-state index in [2.05, 4.69) is 20.9 Å². The summed E-state index contributed by atoms with van der Waals surface area (Å²) in [6.45, 7) is -0.503. The van der Waals surface area contributed by atoms with Crippen molar-refractivity contribution in [3.8, 4) is 12.3 Å². The lowest BCUT2D eigenvalue weighted by molar-refractivity contribution is -0.157. The highest BCUT2D eigenvalue weighted by molar-refractivity contribution is 5.74. The van der Waals surface area contributed by atoms with E-state index >= 15 is 0 Å². The van der Waals surface area contributed by atoms with Gasteiger partial charge in [-0.05, 0) is 18.4 Å². The molecule has 3 N–H and O–H groups in total. The summed E-state index contributed by atoms with van der Waals surface area (Å²) in [5.41, 5.74) is 5.90. The molecule has 0 bridgehead atoms. The third kappa shape index (κ3) is 4.33. The number of anilines is 1. The second-order valence-corrected chi connectivity index (χ2v) is 7.88. The fourth-order valence-electron chi connectivity index (χ4n) is 4.11. The molecule has 4 atom stereocenters. The van der Waals surface area contributed by atoms with Crippen molar-refractivity contribution in [1.29, 1.82) is 0 Å². The van der Waals surface area contributed by atoms with Crippen LogP contribution in [0.2, 0.25) is 0 Å². The van der Waals surface area contributed by atoms with E-state index in [0.717, 1.165) is 5.56 Å². The van der Waals surface area contributed by atoms with Crippen LogP contribution in [0.15, 0.2) is 35.3 Å². The van der Waals surface area contributed by atoms with E-state index < -0.39 is 36.5 Å². The standard InChI is InChI=1S/C23H23FN4O4/c1-2-23(13-29)18(31-19(30)10-14-6-4-3-5-7-14)11-17(32-23)15-8-9-16-20(26-12-15)21(25)28-22(24)27-16/h1,3-7,12,15,17-18,29H,8-11,13H2,(H2,25,27,28)/t15?,17-,18+,23-/m1/s1. The lowest BCUT2D eigenvalue weighted by atomic mass is 9.92. The molecule has 1 saturated heterocycles. The summed E-state index contributed by atoms with van der Waals surface area (Å²) in [4.78, 5) is 24.2. The fraction of sp³-hybridized carbons (Fsp3) is 0.391. The van der Waals surface area contributed by atoms with Gasteiger partial charge in [0.15, 0.2) is 11.4 Å². The summed E-state index contributed by atoms with van der Waals surface area (Å²) >= 11 is 0. The van der Waals surface area contributed by atoms with Crippen LogP contribution in [0.5, 0.6) is 0 Å². The van der Waals surface area contributed by atoms with Crippen LogP contribution in [-0.2, 0) is 27.1 Å². The summed E-state index contributed by atoms with van der Waals surface area (Å²) in [6, 6.07) is 9.19. The van der Waals surface area contributed by atoms with E-state index in [1.165, 1.54) is 0 Å². The molecule has 1 fully saturated rings. The normalized spacial score (nSPS) is 26.7. The SMILES string of the molecule is C#C[C@]1(CO)O[C@@H](C2C=Nc3c(N)nc(F)nc3CC2)C[C@@H]1OC(=O)Cc1ccccc1. The van der Waals surface area contributed by atoms with Gasteiger partial charge in [-0.3, -0.25) is 9.79 Å². The monoisotopic (exact) mass is 438 g/mol. The third-order valence-corrected chi connectivity index (χ3v) is 5.82. The van der Waals surface area contributed by atoms with Crippen LogP contribution in [0.1, 0.15) is 24.1 Å². The van der Waals surface area contributed by atoms with Gasteiger partial charge in [-0.25, -0.2) is 4.98 Å². The number of nitrogens with two attached hydrogens (primary N) is 1. The number of esters is 1. The predicted octanol–water partition coefficient (Wildman–Crippen LogP) is 1.77. The second-order valence-electron chi connectivity index (χ2n) is 7.88. The number of hydrogen-bond acceptors (Lipinski definition) is 8. The van der Waals surface area contributed by atoms with E-state index in [1.54, 1.807) is 6.21 Å². The van der Waals surface area contributed by atoms with E-state index in [9.17, 15) is 14.3 Å². The van der Waals surface area contributed by atoms with Gasteiger partial charge in [0.05, 0.1) is 24.8 Å². The molecule has 0 saturated carbocycles. The van der Waals surface area contributed by atoms with Gasteiger partial charge in [0.2, 0.25) is 0 Å². The zero-order valence-electron chi connectivity index (χ0n) is 17.3. The van der Waals surface area contributed by atoms with E-state index in [-0.39, 0.29) is 24.6 Å². The largest absolute Gasteiger partial charge is 0.458 e. The number of aliphatic hydroxyl groups is 1. The molecule has 8 nitrogen and oxygen atoms in total. The Labute approximate surface area is 184 Å². The number of nitrogen functional groups attached to an aromatic ring is 1. The first-order valence-electron chi connectivity index (χ1n) is 10.3. The van der Waals surface area contributed by atoms with Crippen molar-refractivity contribution >= 4 is 23.7 Å². The van der Waals surface area contributed by atoms with Crippen molar-refractivity contribution in [2.45, 2.75) is 43.5 Å². The van der Waals surface area contributed by atoms with Crippen LogP contribution in [0.25, 0.3) is 0 Å². The first kappa shape index (κ1) is 21.9. The molecule has 3 heterocycles. The molecule has 0 radical (unpaired) electrons. The van der Waals surface area contributed by atoms with Gasteiger partial charge in [0, 0.05) is 18.6 Å². The Kier molecular flexibility index (Phi) is 6.17.